The van der Waals surface area contributed by atoms with Gasteiger partial charge in [-0.05, 0) is 23.8 Å². The second-order valence-corrected chi connectivity index (χ2v) is 3.90. The molecule has 0 spiro atoms. The zero-order valence-corrected chi connectivity index (χ0v) is 8.10. The molecule has 0 amide bonds. The summed E-state index contributed by atoms with van der Waals surface area (Å²) in [6, 6.07) is -0.461. The maximum atomic E-state index is 10.8. The lowest BCUT2D eigenvalue weighted by atomic mass is 9.82. The molecule has 2 atom stereocenters. The first-order valence-electron chi connectivity index (χ1n) is 4.54. The van der Waals surface area contributed by atoms with Crippen molar-refractivity contribution in [3.05, 3.63) is 29.5 Å². The van der Waals surface area contributed by atoms with Crippen LogP contribution in [0.2, 0.25) is 0 Å². The normalized spacial score (nSPS) is 28.9. The van der Waals surface area contributed by atoms with Gasteiger partial charge in [-0.2, -0.15) is 0 Å². The van der Waals surface area contributed by atoms with Crippen LogP contribution in [0.15, 0.2) is 24.3 Å². The highest BCUT2D eigenvalue weighted by molar-refractivity contribution is 5.25. The van der Waals surface area contributed by atoms with Gasteiger partial charge in [0.2, 0.25) is 0 Å². The maximum Gasteiger partial charge on any atom is 0.0466 e. The Balaban J connectivity index is 2.71. The topological polar surface area (TPSA) is 46.5 Å². The molecule has 0 radical (unpaired) electrons. The molecule has 0 heterocycles. The third-order valence-electron chi connectivity index (χ3n) is 2.60. The van der Waals surface area contributed by atoms with Crippen molar-refractivity contribution in [2.75, 3.05) is 0 Å². The van der Waals surface area contributed by atoms with Gasteiger partial charge in [0.25, 0.3) is 0 Å². The number of hydroxylamine groups is 2. The van der Waals surface area contributed by atoms with Crippen LogP contribution in [0.25, 0.3) is 0 Å². The SMILES string of the molecule is C=C1C=CC(C(C)C)CC1N([O-])O. The molecule has 3 heteroatoms. The van der Waals surface area contributed by atoms with E-state index in [-0.39, 0.29) is 5.23 Å². The fourth-order valence-electron chi connectivity index (χ4n) is 1.57. The Labute approximate surface area is 78.9 Å². The lowest BCUT2D eigenvalue weighted by molar-refractivity contribution is -0.0730. The van der Waals surface area contributed by atoms with Crippen LogP contribution >= 0.6 is 0 Å². The summed E-state index contributed by atoms with van der Waals surface area (Å²) < 4.78 is 0. The lowest BCUT2D eigenvalue weighted by Crippen LogP contribution is -2.33. The van der Waals surface area contributed by atoms with Gasteiger partial charge in [-0.1, -0.05) is 32.6 Å². The van der Waals surface area contributed by atoms with Gasteiger partial charge in [0.1, 0.15) is 0 Å². The first-order chi connectivity index (χ1) is 6.02. The minimum absolute atomic E-state index is 0.0151. The van der Waals surface area contributed by atoms with Crippen LogP contribution in [0.3, 0.4) is 0 Å². The van der Waals surface area contributed by atoms with Crippen molar-refractivity contribution in [1.29, 1.82) is 0 Å². The summed E-state index contributed by atoms with van der Waals surface area (Å²) in [6.07, 6.45) is 4.56. The fourth-order valence-corrected chi connectivity index (χ4v) is 1.57. The molecule has 1 aliphatic rings. The average molecular weight is 182 g/mol. The maximum absolute atomic E-state index is 10.8. The van der Waals surface area contributed by atoms with Gasteiger partial charge in [-0.3, -0.25) is 5.23 Å². The predicted octanol–water partition coefficient (Wildman–Crippen LogP) is 2.33. The molecular weight excluding hydrogens is 166 g/mol. The molecular formula is C10H16NO2-. The van der Waals surface area contributed by atoms with Gasteiger partial charge in [-0.25, -0.2) is 0 Å². The van der Waals surface area contributed by atoms with Gasteiger partial charge in [0.15, 0.2) is 0 Å². The number of rotatable bonds is 2. The molecule has 0 fully saturated rings. The molecule has 0 saturated heterocycles. The Morgan fingerprint density at radius 3 is 2.77 bits per heavy atom. The summed E-state index contributed by atoms with van der Waals surface area (Å²) in [5.41, 5.74) is 0.689. The molecule has 0 aromatic carbocycles. The van der Waals surface area contributed by atoms with Crippen LogP contribution in [0.1, 0.15) is 20.3 Å². The minimum Gasteiger partial charge on any atom is -0.762 e. The van der Waals surface area contributed by atoms with Crippen molar-refractivity contribution in [3.63, 3.8) is 0 Å². The number of hydrogen-bond donors (Lipinski definition) is 1. The highest BCUT2D eigenvalue weighted by Gasteiger charge is 2.23. The highest BCUT2D eigenvalue weighted by atomic mass is 16.8. The standard InChI is InChI=1S/C10H16NO2/c1-7(2)9-5-4-8(3)10(6-9)11(12)13/h4-5,7,9-10,12H,3,6H2,1-2H3/q-1. The van der Waals surface area contributed by atoms with Gasteiger partial charge in [-0.15, -0.1) is 0 Å². The van der Waals surface area contributed by atoms with Gasteiger partial charge in [0.05, 0.1) is 0 Å². The van der Waals surface area contributed by atoms with Crippen molar-refractivity contribution in [2.45, 2.75) is 26.3 Å². The summed E-state index contributed by atoms with van der Waals surface area (Å²) in [7, 11) is 0. The molecule has 0 aromatic rings. The third kappa shape index (κ3) is 2.40. The zero-order chi connectivity index (χ0) is 10.0. The number of allylic oxidation sites excluding steroid dienone is 1. The van der Waals surface area contributed by atoms with Crippen molar-refractivity contribution >= 4 is 0 Å². The van der Waals surface area contributed by atoms with Crippen molar-refractivity contribution < 1.29 is 5.21 Å². The summed E-state index contributed by atoms with van der Waals surface area (Å²) in [6.45, 7) is 7.93. The van der Waals surface area contributed by atoms with Crippen LogP contribution in [-0.4, -0.2) is 16.5 Å². The second-order valence-electron chi connectivity index (χ2n) is 3.90. The van der Waals surface area contributed by atoms with E-state index in [9.17, 15) is 5.21 Å². The van der Waals surface area contributed by atoms with E-state index in [4.69, 9.17) is 5.21 Å². The Morgan fingerprint density at radius 2 is 2.31 bits per heavy atom. The first kappa shape index (κ1) is 10.4. The molecule has 0 bridgehead atoms. The number of hydrogen-bond acceptors (Lipinski definition) is 3. The second kappa shape index (κ2) is 4.05. The van der Waals surface area contributed by atoms with Crippen LogP contribution < -0.4 is 0 Å². The first-order valence-corrected chi connectivity index (χ1v) is 4.54. The van der Waals surface area contributed by atoms with E-state index in [1.54, 1.807) is 0 Å². The predicted molar refractivity (Wildman–Crippen MR) is 52.0 cm³/mol. The summed E-state index contributed by atoms with van der Waals surface area (Å²) in [5.74, 6) is 0.853. The summed E-state index contributed by atoms with van der Waals surface area (Å²) in [4.78, 5) is 0. The monoisotopic (exact) mass is 182 g/mol. The lowest BCUT2D eigenvalue weighted by Gasteiger charge is -2.36. The molecule has 74 valence electrons. The molecule has 2 unspecified atom stereocenters. The molecule has 0 aliphatic heterocycles. The van der Waals surface area contributed by atoms with Crippen LogP contribution in [0, 0.1) is 17.0 Å². The molecule has 1 aliphatic carbocycles. The Morgan fingerprint density at radius 1 is 1.69 bits per heavy atom. The minimum atomic E-state index is -0.461. The molecule has 1 N–H and O–H groups in total. The van der Waals surface area contributed by atoms with E-state index >= 15 is 0 Å². The summed E-state index contributed by atoms with van der Waals surface area (Å²) >= 11 is 0. The smallest absolute Gasteiger partial charge is 0.0466 e. The van der Waals surface area contributed by atoms with E-state index in [0.717, 1.165) is 0 Å². The van der Waals surface area contributed by atoms with Crippen LogP contribution in [0.5, 0.6) is 0 Å². The van der Waals surface area contributed by atoms with Crippen LogP contribution in [-0.2, 0) is 0 Å². The third-order valence-corrected chi connectivity index (χ3v) is 2.60. The average Bonchev–Trinajstić information content (AvgIpc) is 2.04. The largest absolute Gasteiger partial charge is 0.762 e. The van der Waals surface area contributed by atoms with Crippen molar-refractivity contribution in [1.82, 2.24) is 5.23 Å². The zero-order valence-electron chi connectivity index (χ0n) is 8.10. The van der Waals surface area contributed by atoms with E-state index in [1.165, 1.54) is 0 Å². The van der Waals surface area contributed by atoms with E-state index in [2.05, 4.69) is 26.5 Å². The summed E-state index contributed by atoms with van der Waals surface area (Å²) in [5, 5.41) is 19.6. The molecule has 3 nitrogen and oxygen atoms in total. The van der Waals surface area contributed by atoms with Gasteiger partial charge >= 0.3 is 0 Å². The Bertz CT molecular complexity index is 221. The Kier molecular flexibility index (Phi) is 3.25. The molecule has 13 heavy (non-hydrogen) atoms. The fraction of sp³-hybridized carbons (Fsp3) is 0.600. The van der Waals surface area contributed by atoms with Crippen molar-refractivity contribution in [3.8, 4) is 0 Å². The van der Waals surface area contributed by atoms with Gasteiger partial charge in [0, 0.05) is 6.04 Å². The van der Waals surface area contributed by atoms with Crippen molar-refractivity contribution in [2.24, 2.45) is 11.8 Å². The Hall–Kier alpha value is -0.640. The highest BCUT2D eigenvalue weighted by Crippen LogP contribution is 2.28. The molecule has 0 aromatic heterocycles. The van der Waals surface area contributed by atoms with Gasteiger partial charge < -0.3 is 10.4 Å². The quantitative estimate of drug-likeness (QED) is 0.667. The number of nitrogens with zero attached hydrogens (tertiary/aromatic N) is 1. The van der Waals surface area contributed by atoms with E-state index < -0.39 is 6.04 Å². The molecule has 1 rings (SSSR count). The van der Waals surface area contributed by atoms with E-state index in [1.807, 2.05) is 6.08 Å². The van der Waals surface area contributed by atoms with E-state index in [0.29, 0.717) is 23.8 Å². The molecule has 0 saturated carbocycles. The van der Waals surface area contributed by atoms with Crippen LogP contribution in [0.4, 0.5) is 0 Å².